The Labute approximate surface area is 166 Å². The number of fused-ring (bicyclic) bond motifs is 1. The van der Waals surface area contributed by atoms with Gasteiger partial charge in [-0.1, -0.05) is 11.3 Å². The van der Waals surface area contributed by atoms with Gasteiger partial charge >= 0.3 is 0 Å². The van der Waals surface area contributed by atoms with Gasteiger partial charge < -0.3 is 4.74 Å². The number of aromatic nitrogens is 5. The van der Waals surface area contributed by atoms with Crippen molar-refractivity contribution in [2.45, 2.75) is 13.5 Å². The second-order valence-electron chi connectivity index (χ2n) is 6.35. The van der Waals surface area contributed by atoms with E-state index in [0.29, 0.717) is 23.9 Å². The fraction of sp³-hybridized carbons (Fsp3) is 0.263. The molecule has 0 saturated heterocycles. The minimum atomic E-state index is -0.138. The van der Waals surface area contributed by atoms with E-state index in [1.54, 1.807) is 40.7 Å². The number of anilines is 1. The molecule has 0 atom stereocenters. The van der Waals surface area contributed by atoms with Crippen molar-refractivity contribution in [2.75, 3.05) is 18.6 Å². The van der Waals surface area contributed by atoms with Gasteiger partial charge in [0.25, 0.3) is 5.91 Å². The number of benzene rings is 1. The number of nitrogens with zero attached hydrogens (tertiary/aromatic N) is 6. The number of carbonyl (C=O) groups is 1. The van der Waals surface area contributed by atoms with Crippen LogP contribution in [0.15, 0.2) is 42.7 Å². The van der Waals surface area contributed by atoms with Crippen LogP contribution in [0.5, 0.6) is 5.75 Å². The number of rotatable bonds is 6. The molecular formula is C19H20N6O2S. The molecule has 0 aliphatic carbocycles. The molecule has 0 aliphatic heterocycles. The van der Waals surface area contributed by atoms with Crippen LogP contribution < -0.4 is 9.64 Å². The van der Waals surface area contributed by atoms with E-state index in [1.165, 1.54) is 11.3 Å². The van der Waals surface area contributed by atoms with Crippen LogP contribution in [0, 0.1) is 6.92 Å². The summed E-state index contributed by atoms with van der Waals surface area (Å²) in [5.41, 5.74) is 2.15. The Morgan fingerprint density at radius 1 is 1.32 bits per heavy atom. The standard InChI is InChI=1S/C19H20N6O2S/c1-13-11-16(23(2)22-13)18(26)25(10-9-24-8-4-7-20-24)19-21-15-6-5-14(27-3)12-17(15)28-19/h4-8,11-12H,9-10H2,1-3H3. The topological polar surface area (TPSA) is 78.1 Å². The third kappa shape index (κ3) is 3.48. The summed E-state index contributed by atoms with van der Waals surface area (Å²) >= 11 is 1.46. The molecule has 8 nitrogen and oxygen atoms in total. The van der Waals surface area contributed by atoms with E-state index < -0.39 is 0 Å². The Hall–Kier alpha value is -3.20. The molecule has 0 radical (unpaired) electrons. The smallest absolute Gasteiger partial charge is 0.278 e. The average Bonchev–Trinajstić information content (AvgIpc) is 3.41. The summed E-state index contributed by atoms with van der Waals surface area (Å²) in [4.78, 5) is 19.7. The number of amides is 1. The molecule has 4 rings (SSSR count). The van der Waals surface area contributed by atoms with E-state index >= 15 is 0 Å². The van der Waals surface area contributed by atoms with Crippen molar-refractivity contribution in [1.29, 1.82) is 0 Å². The molecule has 0 fully saturated rings. The van der Waals surface area contributed by atoms with Gasteiger partial charge in [-0.25, -0.2) is 4.98 Å². The van der Waals surface area contributed by atoms with Gasteiger partial charge in [0.1, 0.15) is 11.4 Å². The summed E-state index contributed by atoms with van der Waals surface area (Å²) in [6.07, 6.45) is 3.60. The molecule has 1 amide bonds. The van der Waals surface area contributed by atoms with Gasteiger partial charge in [-0.05, 0) is 37.3 Å². The first-order valence-electron chi connectivity index (χ1n) is 8.79. The first-order chi connectivity index (χ1) is 13.5. The first kappa shape index (κ1) is 18.2. The molecule has 1 aromatic carbocycles. The largest absolute Gasteiger partial charge is 0.497 e. The Balaban J connectivity index is 1.71. The van der Waals surface area contributed by atoms with Crippen LogP contribution in [-0.2, 0) is 13.6 Å². The van der Waals surface area contributed by atoms with Crippen molar-refractivity contribution >= 4 is 32.6 Å². The van der Waals surface area contributed by atoms with E-state index in [4.69, 9.17) is 4.74 Å². The number of ether oxygens (including phenoxy) is 1. The summed E-state index contributed by atoms with van der Waals surface area (Å²) in [5.74, 6) is 0.626. The van der Waals surface area contributed by atoms with Crippen molar-refractivity contribution in [1.82, 2.24) is 24.5 Å². The monoisotopic (exact) mass is 396 g/mol. The van der Waals surface area contributed by atoms with Gasteiger partial charge in [-0.15, -0.1) is 0 Å². The van der Waals surface area contributed by atoms with Crippen molar-refractivity contribution in [3.63, 3.8) is 0 Å². The quantitative estimate of drug-likeness (QED) is 0.501. The third-order valence-electron chi connectivity index (χ3n) is 4.39. The summed E-state index contributed by atoms with van der Waals surface area (Å²) < 4.78 is 9.67. The van der Waals surface area contributed by atoms with Gasteiger partial charge in [-0.3, -0.25) is 19.1 Å². The summed E-state index contributed by atoms with van der Waals surface area (Å²) in [6, 6.07) is 9.35. The lowest BCUT2D eigenvalue weighted by molar-refractivity contribution is 0.0976. The molecule has 3 aromatic heterocycles. The van der Waals surface area contributed by atoms with Gasteiger partial charge in [0.15, 0.2) is 5.13 Å². The molecule has 144 valence electrons. The van der Waals surface area contributed by atoms with E-state index in [2.05, 4.69) is 15.2 Å². The minimum Gasteiger partial charge on any atom is -0.497 e. The number of carbonyl (C=O) groups excluding carboxylic acids is 1. The van der Waals surface area contributed by atoms with E-state index in [1.807, 2.05) is 37.4 Å². The average molecular weight is 396 g/mol. The molecule has 0 aliphatic rings. The molecule has 28 heavy (non-hydrogen) atoms. The zero-order chi connectivity index (χ0) is 19.7. The molecule has 9 heteroatoms. The molecule has 0 saturated carbocycles. The van der Waals surface area contributed by atoms with Crippen LogP contribution in [0.25, 0.3) is 10.2 Å². The minimum absolute atomic E-state index is 0.138. The molecule has 4 aromatic rings. The van der Waals surface area contributed by atoms with Crippen molar-refractivity contribution < 1.29 is 9.53 Å². The first-order valence-corrected chi connectivity index (χ1v) is 9.61. The van der Waals surface area contributed by atoms with Crippen LogP contribution >= 0.6 is 11.3 Å². The lowest BCUT2D eigenvalue weighted by Crippen LogP contribution is -2.35. The predicted octanol–water partition coefficient (Wildman–Crippen LogP) is 2.89. The van der Waals surface area contributed by atoms with Crippen molar-refractivity contribution in [3.05, 3.63) is 54.1 Å². The third-order valence-corrected chi connectivity index (χ3v) is 5.43. The summed E-state index contributed by atoms with van der Waals surface area (Å²) in [5, 5.41) is 9.17. The Kier molecular flexibility index (Phi) is 4.82. The maximum Gasteiger partial charge on any atom is 0.278 e. The molecular weight excluding hydrogens is 376 g/mol. The number of thiazole rings is 1. The summed E-state index contributed by atoms with van der Waals surface area (Å²) in [7, 11) is 3.41. The van der Waals surface area contributed by atoms with Crippen molar-refractivity contribution in [3.8, 4) is 5.75 Å². The highest BCUT2D eigenvalue weighted by atomic mass is 32.1. The summed E-state index contributed by atoms with van der Waals surface area (Å²) in [6.45, 7) is 2.88. The molecule has 0 N–H and O–H groups in total. The van der Waals surface area contributed by atoms with Gasteiger partial charge in [-0.2, -0.15) is 10.2 Å². The van der Waals surface area contributed by atoms with Crippen LogP contribution in [0.2, 0.25) is 0 Å². The highest BCUT2D eigenvalue weighted by Crippen LogP contribution is 2.32. The van der Waals surface area contributed by atoms with E-state index in [-0.39, 0.29) is 5.91 Å². The number of hydrogen-bond acceptors (Lipinski definition) is 6. The maximum atomic E-state index is 13.3. The second-order valence-corrected chi connectivity index (χ2v) is 7.36. The fourth-order valence-electron chi connectivity index (χ4n) is 3.00. The predicted molar refractivity (Wildman–Crippen MR) is 108 cm³/mol. The highest BCUT2D eigenvalue weighted by Gasteiger charge is 2.24. The second kappa shape index (κ2) is 7.43. The zero-order valence-corrected chi connectivity index (χ0v) is 16.7. The van der Waals surface area contributed by atoms with Crippen molar-refractivity contribution in [2.24, 2.45) is 7.05 Å². The van der Waals surface area contributed by atoms with Crippen LogP contribution in [0.1, 0.15) is 16.2 Å². The normalized spacial score (nSPS) is 11.1. The SMILES string of the molecule is COc1ccc2nc(N(CCn3cccn3)C(=O)c3cc(C)nn3C)sc2c1. The highest BCUT2D eigenvalue weighted by molar-refractivity contribution is 7.22. The van der Waals surface area contributed by atoms with E-state index in [0.717, 1.165) is 21.7 Å². The van der Waals surface area contributed by atoms with Gasteiger partial charge in [0.05, 0.1) is 29.6 Å². The van der Waals surface area contributed by atoms with Gasteiger partial charge in [0, 0.05) is 26.0 Å². The molecule has 0 spiro atoms. The Morgan fingerprint density at radius 3 is 2.86 bits per heavy atom. The van der Waals surface area contributed by atoms with Crippen LogP contribution in [0.4, 0.5) is 5.13 Å². The lowest BCUT2D eigenvalue weighted by atomic mass is 10.3. The molecule has 0 bridgehead atoms. The van der Waals surface area contributed by atoms with E-state index in [9.17, 15) is 4.79 Å². The Bertz CT molecular complexity index is 1120. The van der Waals surface area contributed by atoms with Crippen LogP contribution in [0.3, 0.4) is 0 Å². The molecule has 0 unspecified atom stereocenters. The van der Waals surface area contributed by atoms with Gasteiger partial charge in [0.2, 0.25) is 0 Å². The number of hydrogen-bond donors (Lipinski definition) is 0. The zero-order valence-electron chi connectivity index (χ0n) is 15.9. The maximum absolute atomic E-state index is 13.3. The van der Waals surface area contributed by atoms with Crippen LogP contribution in [-0.4, -0.2) is 44.1 Å². The fourth-order valence-corrected chi connectivity index (χ4v) is 4.02. The Morgan fingerprint density at radius 2 is 2.18 bits per heavy atom. The lowest BCUT2D eigenvalue weighted by Gasteiger charge is -2.19. The molecule has 3 heterocycles. The number of aryl methyl sites for hydroxylation is 2. The number of methoxy groups -OCH3 is 1.